The summed E-state index contributed by atoms with van der Waals surface area (Å²) in [6.07, 6.45) is 4.25. The van der Waals surface area contributed by atoms with Crippen molar-refractivity contribution in [1.82, 2.24) is 4.90 Å². The number of aliphatic carboxylic acids is 1. The third-order valence-electron chi connectivity index (χ3n) is 6.39. The average Bonchev–Trinajstić information content (AvgIpc) is 2.61. The molecule has 0 amide bonds. The fourth-order valence-corrected chi connectivity index (χ4v) is 5.24. The van der Waals surface area contributed by atoms with Crippen molar-refractivity contribution in [2.45, 2.75) is 69.8 Å². The Hall–Kier alpha value is -1.30. The van der Waals surface area contributed by atoms with Crippen molar-refractivity contribution in [3.05, 3.63) is 28.8 Å². The Morgan fingerprint density at radius 1 is 1.41 bits per heavy atom. The molecule has 1 aromatic rings. The van der Waals surface area contributed by atoms with Crippen LogP contribution in [-0.2, 0) is 9.53 Å². The average molecular weight is 394 g/mol. The minimum atomic E-state index is -0.723. The molecule has 0 unspecified atom stereocenters. The lowest BCUT2D eigenvalue weighted by Gasteiger charge is -2.54. The number of fused-ring (bicyclic) bond motifs is 4. The van der Waals surface area contributed by atoms with Crippen molar-refractivity contribution >= 4 is 17.6 Å². The minimum Gasteiger partial charge on any atom is -0.487 e. The standard InChI is InChI=1S/C21H28ClNO4/c1-21(2)15-12-16-18(5-3-9-23(16)10-4-6-19(24)25)26-20(15)14-11-13(22)7-8-17(14)27-21/h7-8,11,15-16,18,20H,3-6,9-10,12H2,1-2H3,(H,24,25)/t15-,16-,18-,20+/m0/s1. The van der Waals surface area contributed by atoms with Crippen molar-refractivity contribution in [3.63, 3.8) is 0 Å². The molecular formula is C21H28ClNO4. The SMILES string of the molecule is CC1(C)Oc2ccc(Cl)cc2[C@H]2O[C@H]3CCCN(CCCC(=O)O)[C@H]3C[C@@H]21. The van der Waals surface area contributed by atoms with E-state index in [0.717, 1.165) is 43.7 Å². The molecule has 4 atom stereocenters. The second-order valence-corrected chi connectivity index (χ2v) is 9.00. The normalized spacial score (nSPS) is 32.0. The van der Waals surface area contributed by atoms with Gasteiger partial charge < -0.3 is 14.6 Å². The molecule has 4 rings (SSSR count). The Kier molecular flexibility index (Phi) is 5.12. The first-order chi connectivity index (χ1) is 12.8. The van der Waals surface area contributed by atoms with Crippen LogP contribution in [0.25, 0.3) is 0 Å². The lowest BCUT2D eigenvalue weighted by atomic mass is 9.72. The van der Waals surface area contributed by atoms with Crippen LogP contribution in [0.3, 0.4) is 0 Å². The number of halogens is 1. The summed E-state index contributed by atoms with van der Waals surface area (Å²) in [6, 6.07) is 6.13. The largest absolute Gasteiger partial charge is 0.487 e. The van der Waals surface area contributed by atoms with Gasteiger partial charge in [0.15, 0.2) is 0 Å². The van der Waals surface area contributed by atoms with Crippen molar-refractivity contribution in [3.8, 4) is 5.75 Å². The number of hydrogen-bond acceptors (Lipinski definition) is 4. The molecule has 1 N–H and O–H groups in total. The molecule has 0 spiro atoms. The lowest BCUT2D eigenvalue weighted by molar-refractivity contribution is -0.189. The first-order valence-electron chi connectivity index (χ1n) is 9.95. The molecule has 0 bridgehead atoms. The van der Waals surface area contributed by atoms with Crippen LogP contribution in [-0.4, -0.2) is 46.8 Å². The monoisotopic (exact) mass is 393 g/mol. The number of likely N-dealkylation sites (tertiary alicyclic amines) is 1. The number of ether oxygens (including phenoxy) is 2. The smallest absolute Gasteiger partial charge is 0.303 e. The van der Waals surface area contributed by atoms with E-state index in [1.807, 2.05) is 18.2 Å². The van der Waals surface area contributed by atoms with E-state index in [1.54, 1.807) is 0 Å². The zero-order valence-electron chi connectivity index (χ0n) is 16.0. The molecule has 148 valence electrons. The summed E-state index contributed by atoms with van der Waals surface area (Å²) in [5, 5.41) is 9.65. The van der Waals surface area contributed by atoms with Gasteiger partial charge in [-0.2, -0.15) is 0 Å². The number of rotatable bonds is 4. The number of benzene rings is 1. The van der Waals surface area contributed by atoms with Crippen LogP contribution >= 0.6 is 11.6 Å². The van der Waals surface area contributed by atoms with Crippen LogP contribution in [0.5, 0.6) is 5.75 Å². The molecule has 6 heteroatoms. The Morgan fingerprint density at radius 3 is 3.00 bits per heavy atom. The highest BCUT2D eigenvalue weighted by molar-refractivity contribution is 6.30. The van der Waals surface area contributed by atoms with E-state index >= 15 is 0 Å². The molecule has 2 fully saturated rings. The molecule has 3 aliphatic heterocycles. The Bertz CT molecular complexity index is 722. The Balaban J connectivity index is 1.57. The summed E-state index contributed by atoms with van der Waals surface area (Å²) in [4.78, 5) is 13.3. The van der Waals surface area contributed by atoms with Crippen LogP contribution in [0.4, 0.5) is 0 Å². The van der Waals surface area contributed by atoms with Gasteiger partial charge in [-0.3, -0.25) is 9.69 Å². The molecule has 2 saturated heterocycles. The van der Waals surface area contributed by atoms with Gasteiger partial charge in [0.1, 0.15) is 11.4 Å². The molecule has 0 aliphatic carbocycles. The first-order valence-corrected chi connectivity index (χ1v) is 10.3. The molecule has 3 heterocycles. The van der Waals surface area contributed by atoms with Crippen LogP contribution in [0, 0.1) is 5.92 Å². The van der Waals surface area contributed by atoms with E-state index in [-0.39, 0.29) is 30.1 Å². The summed E-state index contributed by atoms with van der Waals surface area (Å²) >= 11 is 6.25. The Morgan fingerprint density at radius 2 is 2.22 bits per heavy atom. The number of carbonyl (C=O) groups is 1. The van der Waals surface area contributed by atoms with Gasteiger partial charge in [0, 0.05) is 29.0 Å². The van der Waals surface area contributed by atoms with Crippen molar-refractivity contribution in [2.75, 3.05) is 13.1 Å². The van der Waals surface area contributed by atoms with Gasteiger partial charge in [-0.1, -0.05) is 11.6 Å². The van der Waals surface area contributed by atoms with Crippen LogP contribution in [0.15, 0.2) is 18.2 Å². The first kappa shape index (κ1) is 19.0. The Labute approximate surface area is 165 Å². The van der Waals surface area contributed by atoms with Gasteiger partial charge in [-0.05, 0) is 70.8 Å². The van der Waals surface area contributed by atoms with E-state index in [4.69, 9.17) is 26.2 Å². The van der Waals surface area contributed by atoms with Gasteiger partial charge in [0.25, 0.3) is 0 Å². The lowest BCUT2D eigenvalue weighted by Crippen LogP contribution is -2.59. The fourth-order valence-electron chi connectivity index (χ4n) is 5.06. The van der Waals surface area contributed by atoms with Gasteiger partial charge in [0.05, 0.1) is 12.2 Å². The van der Waals surface area contributed by atoms with Gasteiger partial charge in [-0.15, -0.1) is 0 Å². The second kappa shape index (κ2) is 7.26. The van der Waals surface area contributed by atoms with E-state index in [0.29, 0.717) is 17.5 Å². The predicted octanol–water partition coefficient (Wildman–Crippen LogP) is 4.29. The summed E-state index contributed by atoms with van der Waals surface area (Å²) in [5.41, 5.74) is 0.744. The molecule has 5 nitrogen and oxygen atoms in total. The molecule has 0 aromatic heterocycles. The topological polar surface area (TPSA) is 59.0 Å². The summed E-state index contributed by atoms with van der Waals surface area (Å²) in [7, 11) is 0. The fraction of sp³-hybridized carbons (Fsp3) is 0.667. The van der Waals surface area contributed by atoms with E-state index in [9.17, 15) is 4.79 Å². The molecular weight excluding hydrogens is 366 g/mol. The molecule has 1 aromatic carbocycles. The molecule has 27 heavy (non-hydrogen) atoms. The summed E-state index contributed by atoms with van der Waals surface area (Å²) in [5.74, 6) is 0.391. The predicted molar refractivity (Wildman–Crippen MR) is 103 cm³/mol. The van der Waals surface area contributed by atoms with Gasteiger partial charge in [0.2, 0.25) is 0 Å². The quantitative estimate of drug-likeness (QED) is 0.827. The molecule has 0 radical (unpaired) electrons. The van der Waals surface area contributed by atoms with Crippen molar-refractivity contribution < 1.29 is 19.4 Å². The zero-order chi connectivity index (χ0) is 19.2. The number of piperidine rings is 1. The van der Waals surface area contributed by atoms with E-state index < -0.39 is 5.97 Å². The van der Waals surface area contributed by atoms with Crippen molar-refractivity contribution in [1.29, 1.82) is 0 Å². The third kappa shape index (κ3) is 3.69. The summed E-state index contributed by atoms with van der Waals surface area (Å²) < 4.78 is 13.0. The van der Waals surface area contributed by atoms with Crippen LogP contribution in [0.1, 0.15) is 57.6 Å². The zero-order valence-corrected chi connectivity index (χ0v) is 16.7. The highest BCUT2D eigenvalue weighted by atomic mass is 35.5. The third-order valence-corrected chi connectivity index (χ3v) is 6.63. The van der Waals surface area contributed by atoms with Crippen LogP contribution < -0.4 is 4.74 Å². The number of carboxylic acids is 1. The van der Waals surface area contributed by atoms with Gasteiger partial charge >= 0.3 is 5.97 Å². The van der Waals surface area contributed by atoms with Gasteiger partial charge in [-0.25, -0.2) is 0 Å². The van der Waals surface area contributed by atoms with E-state index in [1.165, 1.54) is 0 Å². The molecule has 0 saturated carbocycles. The maximum absolute atomic E-state index is 10.9. The maximum atomic E-state index is 10.9. The summed E-state index contributed by atoms with van der Waals surface area (Å²) in [6.45, 7) is 6.12. The minimum absolute atomic E-state index is 0.00247. The highest BCUT2D eigenvalue weighted by Crippen LogP contribution is 2.52. The maximum Gasteiger partial charge on any atom is 0.303 e. The second-order valence-electron chi connectivity index (χ2n) is 8.57. The number of hydrogen-bond donors (Lipinski definition) is 1. The van der Waals surface area contributed by atoms with Crippen molar-refractivity contribution in [2.24, 2.45) is 5.92 Å². The number of nitrogens with zero attached hydrogens (tertiary/aromatic N) is 1. The van der Waals surface area contributed by atoms with E-state index in [2.05, 4.69) is 18.7 Å². The molecule has 3 aliphatic rings. The van der Waals surface area contributed by atoms with Crippen LogP contribution in [0.2, 0.25) is 5.02 Å². The highest BCUT2D eigenvalue weighted by Gasteiger charge is 2.52. The number of carboxylic acid groups (broad SMARTS) is 1.